The van der Waals surface area contributed by atoms with Gasteiger partial charge in [0.15, 0.2) is 0 Å². The minimum absolute atomic E-state index is 0.0997. The molecule has 8 heteroatoms. The zero-order valence-electron chi connectivity index (χ0n) is 21.5. The highest BCUT2D eigenvalue weighted by atomic mass is 32.2. The summed E-state index contributed by atoms with van der Waals surface area (Å²) in [6.07, 6.45) is 2.00. The van der Waals surface area contributed by atoms with Gasteiger partial charge in [-0.1, -0.05) is 48.5 Å². The van der Waals surface area contributed by atoms with Gasteiger partial charge in [-0.25, -0.2) is 9.48 Å². The van der Waals surface area contributed by atoms with E-state index in [9.17, 15) is 9.59 Å². The van der Waals surface area contributed by atoms with Crippen LogP contribution in [0.1, 0.15) is 18.2 Å². The number of hydrogen-bond acceptors (Lipinski definition) is 4. The largest absolute Gasteiger partial charge is 0.322 e. The summed E-state index contributed by atoms with van der Waals surface area (Å²) in [6, 6.07) is 25.0. The molecule has 2 N–H and O–H groups in total. The zero-order valence-corrected chi connectivity index (χ0v) is 22.3. The SMILES string of the molecule is CCN(CC(=O)Nc1c(-c2ccccc2)c(C)nn1-c1ccccc1C)C(=O)Nc1ccc(SC)cc1. The Morgan fingerprint density at radius 1 is 0.919 bits per heavy atom. The second-order valence-electron chi connectivity index (χ2n) is 8.59. The maximum absolute atomic E-state index is 13.3. The van der Waals surface area contributed by atoms with Gasteiger partial charge in [0.1, 0.15) is 12.4 Å². The lowest BCUT2D eigenvalue weighted by Gasteiger charge is -2.21. The second-order valence-corrected chi connectivity index (χ2v) is 9.47. The number of likely N-dealkylation sites (N-methyl/N-ethyl adjacent to an activating group) is 1. The van der Waals surface area contributed by atoms with Gasteiger partial charge in [0, 0.05) is 22.7 Å². The molecular weight excluding hydrogens is 482 g/mol. The maximum Gasteiger partial charge on any atom is 0.322 e. The highest BCUT2D eigenvalue weighted by Crippen LogP contribution is 2.34. The molecule has 0 unspecified atom stereocenters. The average molecular weight is 514 g/mol. The third-order valence-corrected chi connectivity index (χ3v) is 6.81. The summed E-state index contributed by atoms with van der Waals surface area (Å²) in [5.41, 5.74) is 5.18. The number of amides is 3. The van der Waals surface area contributed by atoms with E-state index < -0.39 is 0 Å². The van der Waals surface area contributed by atoms with Gasteiger partial charge in [0.25, 0.3) is 0 Å². The topological polar surface area (TPSA) is 79.3 Å². The van der Waals surface area contributed by atoms with Crippen LogP contribution < -0.4 is 10.6 Å². The smallest absolute Gasteiger partial charge is 0.315 e. The molecule has 0 spiro atoms. The number of urea groups is 1. The van der Waals surface area contributed by atoms with Crippen molar-refractivity contribution in [1.29, 1.82) is 0 Å². The Hall–Kier alpha value is -4.04. The molecule has 4 rings (SSSR count). The van der Waals surface area contributed by atoms with Crippen LogP contribution in [-0.2, 0) is 4.79 Å². The van der Waals surface area contributed by atoms with Crippen LogP contribution in [-0.4, -0.2) is 46.0 Å². The predicted octanol–water partition coefficient (Wildman–Crippen LogP) is 6.37. The van der Waals surface area contributed by atoms with E-state index in [1.165, 1.54) is 4.90 Å². The predicted molar refractivity (Wildman–Crippen MR) is 152 cm³/mol. The Morgan fingerprint density at radius 2 is 1.59 bits per heavy atom. The Balaban J connectivity index is 1.59. The van der Waals surface area contributed by atoms with Crippen LogP contribution >= 0.6 is 11.8 Å². The summed E-state index contributed by atoms with van der Waals surface area (Å²) in [4.78, 5) is 28.8. The van der Waals surface area contributed by atoms with Gasteiger partial charge in [-0.3, -0.25) is 4.79 Å². The number of nitrogens with one attached hydrogen (secondary N) is 2. The van der Waals surface area contributed by atoms with Crippen LogP contribution in [0.2, 0.25) is 0 Å². The molecule has 0 bridgehead atoms. The molecule has 190 valence electrons. The number of anilines is 2. The average Bonchev–Trinajstić information content (AvgIpc) is 3.23. The maximum atomic E-state index is 13.3. The quantitative estimate of drug-likeness (QED) is 0.268. The van der Waals surface area contributed by atoms with Crippen molar-refractivity contribution in [3.05, 3.63) is 90.1 Å². The van der Waals surface area contributed by atoms with E-state index in [1.807, 2.05) is 106 Å². The fourth-order valence-corrected chi connectivity index (χ4v) is 4.53. The first-order valence-electron chi connectivity index (χ1n) is 12.1. The number of rotatable bonds is 8. The van der Waals surface area contributed by atoms with Crippen LogP contribution in [0.25, 0.3) is 16.8 Å². The van der Waals surface area contributed by atoms with Crippen molar-refractivity contribution in [3.63, 3.8) is 0 Å². The van der Waals surface area contributed by atoms with Gasteiger partial charge in [-0.2, -0.15) is 5.10 Å². The Morgan fingerprint density at radius 3 is 2.24 bits per heavy atom. The van der Waals surface area contributed by atoms with Crippen molar-refractivity contribution in [1.82, 2.24) is 14.7 Å². The van der Waals surface area contributed by atoms with E-state index in [4.69, 9.17) is 5.10 Å². The molecule has 37 heavy (non-hydrogen) atoms. The third kappa shape index (κ3) is 6.03. The van der Waals surface area contributed by atoms with Gasteiger partial charge in [0.2, 0.25) is 5.91 Å². The molecule has 0 aliphatic heterocycles. The molecule has 3 aromatic carbocycles. The highest BCUT2D eigenvalue weighted by molar-refractivity contribution is 7.98. The summed E-state index contributed by atoms with van der Waals surface area (Å²) in [5, 5.41) is 10.7. The van der Waals surface area contributed by atoms with Crippen LogP contribution in [0, 0.1) is 13.8 Å². The monoisotopic (exact) mass is 513 g/mol. The number of thioether (sulfide) groups is 1. The van der Waals surface area contributed by atoms with Crippen molar-refractivity contribution in [3.8, 4) is 16.8 Å². The number of hydrogen-bond donors (Lipinski definition) is 2. The van der Waals surface area contributed by atoms with E-state index in [0.717, 1.165) is 33.0 Å². The Kier molecular flexibility index (Phi) is 8.30. The molecule has 3 amide bonds. The molecule has 0 aliphatic rings. The Labute approximate surface area is 221 Å². The number of carbonyl (C=O) groups excluding carboxylic acids is 2. The summed E-state index contributed by atoms with van der Waals surface area (Å²) in [6.45, 7) is 6.07. The first-order chi connectivity index (χ1) is 17.9. The Bertz CT molecular complexity index is 1380. The van der Waals surface area contributed by atoms with E-state index in [0.29, 0.717) is 18.1 Å². The van der Waals surface area contributed by atoms with Crippen molar-refractivity contribution in [2.75, 3.05) is 30.0 Å². The molecule has 0 radical (unpaired) electrons. The number of aryl methyl sites for hydroxylation is 2. The zero-order chi connectivity index (χ0) is 26.4. The molecule has 7 nitrogen and oxygen atoms in total. The first-order valence-corrected chi connectivity index (χ1v) is 13.3. The van der Waals surface area contributed by atoms with Gasteiger partial charge in [-0.05, 0) is 68.5 Å². The van der Waals surface area contributed by atoms with Gasteiger partial charge >= 0.3 is 6.03 Å². The molecule has 1 aromatic heterocycles. The van der Waals surface area contributed by atoms with Crippen LogP contribution in [0.5, 0.6) is 0 Å². The molecule has 1 heterocycles. The molecule has 4 aromatic rings. The molecule has 0 atom stereocenters. The summed E-state index contributed by atoms with van der Waals surface area (Å²) >= 11 is 1.63. The standard InChI is InChI=1S/C29H31N5O2S/c1-5-33(29(36)30-23-15-17-24(37-4)18-16-23)19-26(35)31-28-27(22-12-7-6-8-13-22)21(3)32-34(28)25-14-10-9-11-20(25)2/h6-18H,5,19H2,1-4H3,(H,30,36)(H,31,35). The van der Waals surface area contributed by atoms with Crippen LogP contribution in [0.4, 0.5) is 16.3 Å². The lowest BCUT2D eigenvalue weighted by Crippen LogP contribution is -2.40. The fourth-order valence-electron chi connectivity index (χ4n) is 4.12. The summed E-state index contributed by atoms with van der Waals surface area (Å²) in [5.74, 6) is 0.272. The minimum Gasteiger partial charge on any atom is -0.315 e. The van der Waals surface area contributed by atoms with E-state index in [1.54, 1.807) is 16.4 Å². The first kappa shape index (κ1) is 26.0. The van der Waals surface area contributed by atoms with E-state index in [2.05, 4.69) is 10.6 Å². The minimum atomic E-state index is -0.332. The molecule has 0 saturated heterocycles. The number of para-hydroxylation sites is 1. The van der Waals surface area contributed by atoms with Gasteiger partial charge in [0.05, 0.1) is 11.4 Å². The lowest BCUT2D eigenvalue weighted by atomic mass is 10.1. The highest BCUT2D eigenvalue weighted by Gasteiger charge is 2.23. The van der Waals surface area contributed by atoms with E-state index in [-0.39, 0.29) is 18.5 Å². The van der Waals surface area contributed by atoms with Crippen molar-refractivity contribution < 1.29 is 9.59 Å². The molecular formula is C29H31N5O2S. The van der Waals surface area contributed by atoms with Crippen molar-refractivity contribution in [2.24, 2.45) is 0 Å². The molecule has 0 aliphatic carbocycles. The molecule has 0 fully saturated rings. The van der Waals surface area contributed by atoms with Gasteiger partial charge < -0.3 is 15.5 Å². The normalized spacial score (nSPS) is 10.7. The number of nitrogens with zero attached hydrogens (tertiary/aromatic N) is 3. The van der Waals surface area contributed by atoms with Crippen molar-refractivity contribution in [2.45, 2.75) is 25.7 Å². The van der Waals surface area contributed by atoms with Gasteiger partial charge in [-0.15, -0.1) is 11.8 Å². The third-order valence-electron chi connectivity index (χ3n) is 6.07. The summed E-state index contributed by atoms with van der Waals surface area (Å²) < 4.78 is 1.77. The number of carbonyl (C=O) groups is 2. The second kappa shape index (κ2) is 11.8. The van der Waals surface area contributed by atoms with Crippen molar-refractivity contribution >= 4 is 35.2 Å². The molecule has 0 saturated carbocycles. The van der Waals surface area contributed by atoms with Crippen LogP contribution in [0.3, 0.4) is 0 Å². The number of aromatic nitrogens is 2. The lowest BCUT2D eigenvalue weighted by molar-refractivity contribution is -0.116. The van der Waals surface area contributed by atoms with E-state index >= 15 is 0 Å². The fraction of sp³-hybridized carbons (Fsp3) is 0.207. The number of benzene rings is 3. The van der Waals surface area contributed by atoms with Crippen LogP contribution in [0.15, 0.2) is 83.8 Å². The summed E-state index contributed by atoms with van der Waals surface area (Å²) in [7, 11) is 0.